The molecule has 0 aliphatic carbocycles. The average molecular weight is 333 g/mol. The van der Waals surface area contributed by atoms with Gasteiger partial charge in [-0.1, -0.05) is 31.7 Å². The van der Waals surface area contributed by atoms with Crippen molar-refractivity contribution in [3.63, 3.8) is 0 Å². The SMILES string of the molecule is C=CCOc1c(/C=C2\SC(=O)N(CCC)C2=O)cccc1OC. The third-order valence-electron chi connectivity index (χ3n) is 3.18. The zero-order chi connectivity index (χ0) is 16.8. The number of carbonyl (C=O) groups excluding carboxylic acids is 2. The number of carbonyl (C=O) groups is 2. The summed E-state index contributed by atoms with van der Waals surface area (Å²) in [6.07, 6.45) is 4.03. The minimum atomic E-state index is -0.264. The highest BCUT2D eigenvalue weighted by Gasteiger charge is 2.34. The van der Waals surface area contributed by atoms with E-state index in [1.54, 1.807) is 25.3 Å². The Morgan fingerprint density at radius 3 is 2.78 bits per heavy atom. The highest BCUT2D eigenvalue weighted by molar-refractivity contribution is 8.18. The van der Waals surface area contributed by atoms with Crippen LogP contribution < -0.4 is 9.47 Å². The Morgan fingerprint density at radius 1 is 1.35 bits per heavy atom. The molecule has 1 aliphatic rings. The molecule has 0 N–H and O–H groups in total. The molecule has 0 unspecified atom stereocenters. The molecule has 1 aromatic rings. The van der Waals surface area contributed by atoms with Crippen molar-refractivity contribution in [2.45, 2.75) is 13.3 Å². The number of thioether (sulfide) groups is 1. The van der Waals surface area contributed by atoms with E-state index in [0.29, 0.717) is 35.1 Å². The Labute approximate surface area is 139 Å². The molecular formula is C17H19NO4S. The average Bonchev–Trinajstić information content (AvgIpc) is 2.81. The van der Waals surface area contributed by atoms with Crippen molar-refractivity contribution in [2.75, 3.05) is 20.3 Å². The second kappa shape index (κ2) is 7.87. The van der Waals surface area contributed by atoms with Crippen molar-refractivity contribution in [1.29, 1.82) is 0 Å². The van der Waals surface area contributed by atoms with E-state index in [1.807, 2.05) is 19.1 Å². The van der Waals surface area contributed by atoms with Crippen molar-refractivity contribution in [1.82, 2.24) is 4.90 Å². The topological polar surface area (TPSA) is 55.8 Å². The number of methoxy groups -OCH3 is 1. The maximum absolute atomic E-state index is 12.3. The summed E-state index contributed by atoms with van der Waals surface area (Å²) in [4.78, 5) is 25.9. The van der Waals surface area contributed by atoms with Gasteiger partial charge >= 0.3 is 0 Å². The van der Waals surface area contributed by atoms with Gasteiger partial charge in [0.15, 0.2) is 11.5 Å². The van der Waals surface area contributed by atoms with Crippen molar-refractivity contribution in [3.05, 3.63) is 41.3 Å². The highest BCUT2D eigenvalue weighted by atomic mass is 32.2. The second-order valence-corrected chi connectivity index (χ2v) is 5.80. The van der Waals surface area contributed by atoms with Gasteiger partial charge in [0.25, 0.3) is 11.1 Å². The molecule has 122 valence electrons. The highest BCUT2D eigenvalue weighted by Crippen LogP contribution is 2.37. The van der Waals surface area contributed by atoms with E-state index in [1.165, 1.54) is 4.90 Å². The number of imide groups is 1. The van der Waals surface area contributed by atoms with Crippen LogP contribution in [0.3, 0.4) is 0 Å². The Bertz CT molecular complexity index is 654. The summed E-state index contributed by atoms with van der Waals surface area (Å²) >= 11 is 0.945. The molecule has 5 nitrogen and oxygen atoms in total. The van der Waals surface area contributed by atoms with Crippen LogP contribution in [-0.4, -0.2) is 36.3 Å². The lowest BCUT2D eigenvalue weighted by Gasteiger charge is -2.12. The Hall–Kier alpha value is -2.21. The molecule has 6 heteroatoms. The summed E-state index contributed by atoms with van der Waals surface area (Å²) in [6.45, 7) is 6.30. The Kier molecular flexibility index (Phi) is 5.87. The summed E-state index contributed by atoms with van der Waals surface area (Å²) in [7, 11) is 1.55. The van der Waals surface area contributed by atoms with Crippen molar-refractivity contribution >= 4 is 29.0 Å². The molecule has 2 rings (SSSR count). The van der Waals surface area contributed by atoms with Crippen LogP contribution in [0.4, 0.5) is 4.79 Å². The van der Waals surface area contributed by atoms with E-state index in [9.17, 15) is 9.59 Å². The number of para-hydroxylation sites is 1. The molecule has 1 heterocycles. The minimum absolute atomic E-state index is 0.237. The summed E-state index contributed by atoms with van der Waals surface area (Å²) in [5, 5.41) is -0.237. The summed E-state index contributed by atoms with van der Waals surface area (Å²) in [5.74, 6) is 0.824. The fraction of sp³-hybridized carbons (Fsp3) is 0.294. The van der Waals surface area contributed by atoms with Gasteiger partial charge in [-0.15, -0.1) is 0 Å². The first-order valence-electron chi connectivity index (χ1n) is 7.28. The molecule has 0 radical (unpaired) electrons. The number of benzene rings is 1. The van der Waals surface area contributed by atoms with Gasteiger partial charge in [0.1, 0.15) is 6.61 Å². The Balaban J connectivity index is 2.37. The molecular weight excluding hydrogens is 314 g/mol. The monoisotopic (exact) mass is 333 g/mol. The van der Waals surface area contributed by atoms with Gasteiger partial charge in [0, 0.05) is 12.1 Å². The summed E-state index contributed by atoms with van der Waals surface area (Å²) in [5.41, 5.74) is 0.688. The molecule has 0 saturated carbocycles. The number of hydrogen-bond donors (Lipinski definition) is 0. The smallest absolute Gasteiger partial charge is 0.293 e. The lowest BCUT2D eigenvalue weighted by atomic mass is 10.1. The summed E-state index contributed by atoms with van der Waals surface area (Å²) < 4.78 is 10.9. The normalized spacial score (nSPS) is 16.1. The molecule has 0 aromatic heterocycles. The van der Waals surface area contributed by atoms with Gasteiger partial charge < -0.3 is 9.47 Å². The van der Waals surface area contributed by atoms with Gasteiger partial charge in [-0.3, -0.25) is 14.5 Å². The van der Waals surface area contributed by atoms with Crippen LogP contribution in [0.1, 0.15) is 18.9 Å². The molecule has 0 spiro atoms. The quantitative estimate of drug-likeness (QED) is 0.562. The van der Waals surface area contributed by atoms with Gasteiger partial charge in [-0.05, 0) is 30.3 Å². The molecule has 0 bridgehead atoms. The first kappa shape index (κ1) is 17.1. The van der Waals surface area contributed by atoms with Gasteiger partial charge in [0.05, 0.1) is 12.0 Å². The van der Waals surface area contributed by atoms with Crippen molar-refractivity contribution < 1.29 is 19.1 Å². The van der Waals surface area contributed by atoms with E-state index in [0.717, 1.165) is 18.2 Å². The fourth-order valence-electron chi connectivity index (χ4n) is 2.16. The number of hydrogen-bond acceptors (Lipinski definition) is 5. The van der Waals surface area contributed by atoms with E-state index in [4.69, 9.17) is 9.47 Å². The summed E-state index contributed by atoms with van der Waals surface area (Å²) in [6, 6.07) is 5.40. The lowest BCUT2D eigenvalue weighted by molar-refractivity contribution is -0.122. The van der Waals surface area contributed by atoms with Crippen molar-refractivity contribution in [2.24, 2.45) is 0 Å². The second-order valence-electron chi connectivity index (χ2n) is 4.81. The number of ether oxygens (including phenoxy) is 2. The number of nitrogens with zero attached hydrogens (tertiary/aromatic N) is 1. The molecule has 1 aromatic carbocycles. The van der Waals surface area contributed by atoms with Crippen LogP contribution >= 0.6 is 11.8 Å². The predicted molar refractivity (Wildman–Crippen MR) is 91.7 cm³/mol. The molecule has 23 heavy (non-hydrogen) atoms. The van der Waals surface area contributed by atoms with Gasteiger partial charge in [-0.2, -0.15) is 0 Å². The lowest BCUT2D eigenvalue weighted by Crippen LogP contribution is -2.28. The van der Waals surface area contributed by atoms with Crippen LogP contribution in [0.2, 0.25) is 0 Å². The number of rotatable bonds is 7. The molecule has 2 amide bonds. The van der Waals surface area contributed by atoms with Crippen LogP contribution in [-0.2, 0) is 4.79 Å². The zero-order valence-corrected chi connectivity index (χ0v) is 14.0. The maximum atomic E-state index is 12.3. The van der Waals surface area contributed by atoms with Crippen LogP contribution in [0, 0.1) is 0 Å². The third-order valence-corrected chi connectivity index (χ3v) is 4.09. The van der Waals surface area contributed by atoms with Crippen LogP contribution in [0.25, 0.3) is 6.08 Å². The van der Waals surface area contributed by atoms with Crippen LogP contribution in [0.15, 0.2) is 35.8 Å². The van der Waals surface area contributed by atoms with Gasteiger partial charge in [0.2, 0.25) is 0 Å². The molecule has 0 atom stereocenters. The van der Waals surface area contributed by atoms with Gasteiger partial charge in [-0.25, -0.2) is 0 Å². The zero-order valence-electron chi connectivity index (χ0n) is 13.2. The first-order chi connectivity index (χ1) is 11.1. The van der Waals surface area contributed by atoms with Crippen molar-refractivity contribution in [3.8, 4) is 11.5 Å². The Morgan fingerprint density at radius 2 is 2.13 bits per heavy atom. The van der Waals surface area contributed by atoms with E-state index in [2.05, 4.69) is 6.58 Å². The van der Waals surface area contributed by atoms with E-state index in [-0.39, 0.29) is 11.1 Å². The number of amides is 2. The predicted octanol–water partition coefficient (Wildman–Crippen LogP) is 3.71. The molecule has 1 fully saturated rings. The molecule has 1 aliphatic heterocycles. The van der Waals surface area contributed by atoms with Crippen LogP contribution in [0.5, 0.6) is 11.5 Å². The van der Waals surface area contributed by atoms with E-state index < -0.39 is 0 Å². The minimum Gasteiger partial charge on any atom is -0.493 e. The van der Waals surface area contributed by atoms with E-state index >= 15 is 0 Å². The maximum Gasteiger partial charge on any atom is 0.293 e. The largest absolute Gasteiger partial charge is 0.493 e. The molecule has 1 saturated heterocycles. The first-order valence-corrected chi connectivity index (χ1v) is 8.10. The fourth-order valence-corrected chi connectivity index (χ4v) is 3.02. The third kappa shape index (κ3) is 3.76. The standard InChI is InChI=1S/C17H19NO4S/c1-4-9-18-16(19)14(23-17(18)20)11-12-7-6-8-13(21-3)15(12)22-10-5-2/h5-8,11H,2,4,9-10H2,1,3H3/b14-11-.